The van der Waals surface area contributed by atoms with Crippen LogP contribution in [0.15, 0.2) is 140 Å². The molecule has 231 valence electrons. The minimum Gasteiger partial charge on any atom is -0.279 e. The van der Waals surface area contributed by atoms with Crippen LogP contribution >= 0.6 is 7.92 Å². The van der Waals surface area contributed by atoms with Crippen molar-refractivity contribution in [1.29, 1.82) is 0 Å². The Kier molecular flexibility index (Phi) is 16.8. The first-order chi connectivity index (χ1) is 21.2. The third kappa shape index (κ3) is 13.7. The molecule has 0 aliphatic heterocycles. The number of halogens is 3. The summed E-state index contributed by atoms with van der Waals surface area (Å²) >= 11 is 0. The largest absolute Gasteiger partial charge is 2.00 e. The molecular weight excluding hydrogens is 705 g/mol. The minimum atomic E-state index is -5.84. The Bertz CT molecular complexity index is 1440. The van der Waals surface area contributed by atoms with Gasteiger partial charge in [0, 0.05) is 12.4 Å². The summed E-state index contributed by atoms with van der Waals surface area (Å²) in [5, 5.41) is 4.19. The molecule has 5 radical (unpaired) electrons. The fourth-order valence-corrected chi connectivity index (χ4v) is 5.83. The second-order valence-electron chi connectivity index (χ2n) is 8.66. The first kappa shape index (κ1) is 37.9. The van der Waals surface area contributed by atoms with Crippen LogP contribution in [0, 0.1) is 32.1 Å². The van der Waals surface area contributed by atoms with Crippen LogP contribution in [-0.4, -0.2) is 28.4 Å². The number of hydrogen-bond donors (Lipinski definition) is 1. The number of nitrogens with zero attached hydrogens (tertiary/aromatic N) is 2. The van der Waals surface area contributed by atoms with Gasteiger partial charge in [-0.3, -0.25) is 14.5 Å². The number of hydrogen-bond acceptors (Lipinski definition) is 4. The van der Waals surface area contributed by atoms with Crippen LogP contribution in [-0.2, 0) is 29.6 Å². The normalized spacial score (nSPS) is 12.2. The van der Waals surface area contributed by atoms with Crippen molar-refractivity contribution < 1.29 is 45.6 Å². The van der Waals surface area contributed by atoms with Gasteiger partial charge in [-0.1, -0.05) is 103 Å². The van der Waals surface area contributed by atoms with Gasteiger partial charge in [0.25, 0.3) is 0 Å². The molecule has 0 bridgehead atoms. The van der Waals surface area contributed by atoms with E-state index >= 15 is 0 Å². The minimum absolute atomic E-state index is 0. The summed E-state index contributed by atoms with van der Waals surface area (Å²) in [4.78, 5) is 8.37. The number of aromatic nitrogens is 2. The average molecular weight is 735 g/mol. The SMILES string of the molecule is O=S(=O)(O)C(F)(F)F.[CH]1[CH][CH][CH][CH]1.[Ru+2].c1ccc(-c2ccccn2)nc1.c1ccc(P(c2ccccc2)c2ccccc2)cc1. The molecule has 1 N–H and O–H groups in total. The van der Waals surface area contributed by atoms with Gasteiger partial charge < -0.3 is 0 Å². The molecule has 0 atom stereocenters. The molecule has 3 aromatic carbocycles. The van der Waals surface area contributed by atoms with Crippen molar-refractivity contribution in [3.63, 3.8) is 0 Å². The Hall–Kier alpha value is -3.29. The predicted octanol–water partition coefficient (Wildman–Crippen LogP) is 7.00. The van der Waals surface area contributed by atoms with Crippen LogP contribution in [0.2, 0.25) is 0 Å². The van der Waals surface area contributed by atoms with Crippen LogP contribution in [0.25, 0.3) is 11.4 Å². The van der Waals surface area contributed by atoms with Crippen molar-refractivity contribution >= 4 is 34.0 Å². The molecule has 0 spiro atoms. The van der Waals surface area contributed by atoms with Crippen LogP contribution in [0.3, 0.4) is 0 Å². The van der Waals surface area contributed by atoms with E-state index in [1.54, 1.807) is 12.4 Å². The van der Waals surface area contributed by atoms with E-state index in [0.29, 0.717) is 0 Å². The zero-order valence-corrected chi connectivity index (χ0v) is 27.1. The topological polar surface area (TPSA) is 80.2 Å². The summed E-state index contributed by atoms with van der Waals surface area (Å²) in [6.07, 6.45) is 13.5. The molecule has 1 saturated carbocycles. The molecule has 0 saturated heterocycles. The van der Waals surface area contributed by atoms with Gasteiger partial charge >= 0.3 is 35.1 Å². The van der Waals surface area contributed by atoms with Gasteiger partial charge in [-0.15, -0.1) is 0 Å². The monoisotopic (exact) mass is 735 g/mol. The summed E-state index contributed by atoms with van der Waals surface area (Å²) in [5.41, 5.74) is -3.70. The second kappa shape index (κ2) is 20.0. The maximum atomic E-state index is 10.7. The molecule has 0 amide bonds. The maximum Gasteiger partial charge on any atom is 2.00 e. The van der Waals surface area contributed by atoms with Crippen molar-refractivity contribution in [1.82, 2.24) is 9.97 Å². The van der Waals surface area contributed by atoms with Crippen LogP contribution in [0.4, 0.5) is 13.2 Å². The van der Waals surface area contributed by atoms with Crippen molar-refractivity contribution in [3.05, 3.63) is 172 Å². The molecule has 1 fully saturated rings. The molecular formula is C34H29F3N2O3PRuS+2. The summed E-state index contributed by atoms with van der Waals surface area (Å²) < 4.78 is 57.5. The van der Waals surface area contributed by atoms with E-state index in [2.05, 4.69) is 101 Å². The summed E-state index contributed by atoms with van der Waals surface area (Å²) in [6, 6.07) is 43.9. The van der Waals surface area contributed by atoms with Crippen LogP contribution in [0.1, 0.15) is 0 Å². The van der Waals surface area contributed by atoms with Crippen LogP contribution in [0.5, 0.6) is 0 Å². The molecule has 11 heteroatoms. The molecule has 0 unspecified atom stereocenters. The molecule has 6 rings (SSSR count). The van der Waals surface area contributed by atoms with E-state index < -0.39 is 23.5 Å². The van der Waals surface area contributed by atoms with Gasteiger partial charge in [0.05, 0.1) is 11.4 Å². The fraction of sp³-hybridized carbons (Fsp3) is 0.0294. The van der Waals surface area contributed by atoms with Gasteiger partial charge in [0.15, 0.2) is 0 Å². The Labute approximate surface area is 277 Å². The molecule has 1 aliphatic rings. The number of pyridine rings is 2. The third-order valence-corrected chi connectivity index (χ3v) is 8.51. The first-order valence-electron chi connectivity index (χ1n) is 13.1. The molecule has 2 aromatic heterocycles. The van der Waals surface area contributed by atoms with E-state index in [4.69, 9.17) is 13.0 Å². The van der Waals surface area contributed by atoms with E-state index in [9.17, 15) is 13.2 Å². The van der Waals surface area contributed by atoms with Crippen molar-refractivity contribution in [2.24, 2.45) is 0 Å². The molecule has 45 heavy (non-hydrogen) atoms. The second-order valence-corrected chi connectivity index (χ2v) is 12.3. The van der Waals surface area contributed by atoms with Gasteiger partial charge in [0.1, 0.15) is 0 Å². The van der Waals surface area contributed by atoms with E-state index in [-0.39, 0.29) is 19.5 Å². The zero-order chi connectivity index (χ0) is 31.7. The first-order valence-corrected chi connectivity index (χ1v) is 15.9. The van der Waals surface area contributed by atoms with E-state index in [1.165, 1.54) is 15.9 Å². The zero-order valence-electron chi connectivity index (χ0n) is 23.7. The van der Waals surface area contributed by atoms with Crippen molar-refractivity contribution in [2.45, 2.75) is 5.51 Å². The van der Waals surface area contributed by atoms with Crippen molar-refractivity contribution in [2.75, 3.05) is 0 Å². The summed E-state index contributed by atoms with van der Waals surface area (Å²) in [7, 11) is -6.29. The van der Waals surface area contributed by atoms with Crippen molar-refractivity contribution in [3.8, 4) is 11.4 Å². The third-order valence-electron chi connectivity index (χ3n) is 5.48. The Morgan fingerprint density at radius 1 is 0.511 bits per heavy atom. The summed E-state index contributed by atoms with van der Waals surface area (Å²) in [5.74, 6) is 0. The molecule has 2 heterocycles. The van der Waals surface area contributed by atoms with Gasteiger partial charge in [0.2, 0.25) is 0 Å². The van der Waals surface area contributed by atoms with E-state index in [1.807, 2.05) is 68.5 Å². The number of benzene rings is 3. The Morgan fingerprint density at radius 3 is 1.00 bits per heavy atom. The van der Waals surface area contributed by atoms with Gasteiger partial charge in [-0.05, 0) is 80.2 Å². The summed E-state index contributed by atoms with van der Waals surface area (Å²) in [6.45, 7) is 0. The standard InChI is InChI=1S/C18H15P.C10H8N2.C5H5.CHF3O3S.Ru/c1-4-10-16(11-5-1)19(17-12-6-2-7-13-17)18-14-8-3-9-15-18;1-3-7-11-9(5-1)10-6-2-4-8-12-10;1-2-4-5-3-1;2-1(3,4)8(5,6)7;/h1-15H;1-8H;1-5H;(H,5,6,7);/q;;;;+2. The molecule has 1 aliphatic carbocycles. The average Bonchev–Trinajstić information content (AvgIpc) is 3.64. The number of rotatable bonds is 4. The maximum absolute atomic E-state index is 10.7. The number of alkyl halides is 3. The molecule has 5 aromatic rings. The van der Waals surface area contributed by atoms with Gasteiger partial charge in [-0.25, -0.2) is 0 Å². The smallest absolute Gasteiger partial charge is 0.279 e. The Morgan fingerprint density at radius 2 is 0.778 bits per heavy atom. The van der Waals surface area contributed by atoms with E-state index in [0.717, 1.165) is 11.4 Å². The molecule has 5 nitrogen and oxygen atoms in total. The van der Waals surface area contributed by atoms with Gasteiger partial charge in [-0.2, -0.15) is 21.6 Å². The Balaban J connectivity index is 0.000000232. The predicted molar refractivity (Wildman–Crippen MR) is 172 cm³/mol. The fourth-order valence-electron chi connectivity index (χ4n) is 3.53. The quantitative estimate of drug-likeness (QED) is 0.0932. The van der Waals surface area contributed by atoms with Crippen LogP contribution < -0.4 is 15.9 Å².